The van der Waals surface area contributed by atoms with Crippen molar-refractivity contribution < 1.29 is 14.6 Å². The molecule has 1 N–H and O–H groups in total. The van der Waals surface area contributed by atoms with Crippen molar-refractivity contribution in [1.82, 2.24) is 0 Å². The van der Waals surface area contributed by atoms with Crippen LogP contribution in [0.1, 0.15) is 49.8 Å². The Labute approximate surface area is 121 Å². The van der Waals surface area contributed by atoms with Gasteiger partial charge in [-0.05, 0) is 61.1 Å². The van der Waals surface area contributed by atoms with Crippen molar-refractivity contribution in [3.05, 3.63) is 34.9 Å². The van der Waals surface area contributed by atoms with Gasteiger partial charge in [0.1, 0.15) is 5.75 Å². The van der Waals surface area contributed by atoms with E-state index in [2.05, 4.69) is 13.8 Å². The summed E-state index contributed by atoms with van der Waals surface area (Å²) >= 11 is 0. The highest BCUT2D eigenvalue weighted by atomic mass is 16.5. The van der Waals surface area contributed by atoms with E-state index in [-0.39, 0.29) is 0 Å². The summed E-state index contributed by atoms with van der Waals surface area (Å²) in [6.07, 6.45) is 3.98. The van der Waals surface area contributed by atoms with E-state index in [0.29, 0.717) is 6.61 Å². The smallest absolute Gasteiger partial charge is 0.328 e. The minimum absolute atomic E-state index is 0.701. The molecule has 0 bridgehead atoms. The molecule has 0 atom stereocenters. The van der Waals surface area contributed by atoms with Gasteiger partial charge in [0.05, 0.1) is 6.61 Å². The summed E-state index contributed by atoms with van der Waals surface area (Å²) < 4.78 is 5.71. The lowest BCUT2D eigenvalue weighted by Crippen LogP contribution is -2.00. The Morgan fingerprint density at radius 1 is 1.20 bits per heavy atom. The molecule has 0 aromatic heterocycles. The normalized spacial score (nSPS) is 11.5. The van der Waals surface area contributed by atoms with E-state index in [1.165, 1.54) is 6.08 Å². The van der Waals surface area contributed by atoms with Crippen molar-refractivity contribution in [3.63, 3.8) is 0 Å². The minimum atomic E-state index is -0.892. The summed E-state index contributed by atoms with van der Waals surface area (Å²) in [5.41, 5.74) is 3.99. The number of carbonyl (C=O) groups is 1. The number of aliphatic carboxylic acids is 1. The highest BCUT2D eigenvalue weighted by Crippen LogP contribution is 2.29. The number of aryl methyl sites for hydroxylation is 2. The zero-order valence-electron chi connectivity index (χ0n) is 12.8. The van der Waals surface area contributed by atoms with Crippen molar-refractivity contribution in [2.75, 3.05) is 6.61 Å². The van der Waals surface area contributed by atoms with Gasteiger partial charge in [0.2, 0.25) is 0 Å². The molecule has 0 amide bonds. The summed E-state index contributed by atoms with van der Waals surface area (Å²) in [6.45, 7) is 8.83. The van der Waals surface area contributed by atoms with Gasteiger partial charge in [-0.2, -0.15) is 0 Å². The van der Waals surface area contributed by atoms with Gasteiger partial charge in [-0.3, -0.25) is 0 Å². The molecular formula is C17H24O3. The largest absolute Gasteiger partial charge is 0.493 e. The first kappa shape index (κ1) is 16.3. The molecule has 1 aromatic rings. The number of hydrogen-bond acceptors (Lipinski definition) is 2. The molecule has 20 heavy (non-hydrogen) atoms. The predicted molar refractivity (Wildman–Crippen MR) is 82.2 cm³/mol. The molecule has 0 fully saturated rings. The van der Waals surface area contributed by atoms with Crippen molar-refractivity contribution >= 4 is 11.5 Å². The SMILES string of the molecule is CCCOc1cc(C)c(/C(=C/C(=O)O)CCC)cc1C. The maximum atomic E-state index is 11.0. The van der Waals surface area contributed by atoms with Gasteiger partial charge >= 0.3 is 5.97 Å². The van der Waals surface area contributed by atoms with Gasteiger partial charge in [-0.1, -0.05) is 20.3 Å². The van der Waals surface area contributed by atoms with Crippen LogP contribution in [0.15, 0.2) is 18.2 Å². The van der Waals surface area contributed by atoms with Gasteiger partial charge in [0, 0.05) is 6.08 Å². The fraction of sp³-hybridized carbons (Fsp3) is 0.471. The lowest BCUT2D eigenvalue weighted by Gasteiger charge is -2.15. The van der Waals surface area contributed by atoms with E-state index >= 15 is 0 Å². The molecule has 3 heteroatoms. The molecular weight excluding hydrogens is 252 g/mol. The molecule has 0 saturated carbocycles. The molecule has 0 radical (unpaired) electrons. The third-order valence-electron chi connectivity index (χ3n) is 3.15. The Bertz CT molecular complexity index is 501. The summed E-state index contributed by atoms with van der Waals surface area (Å²) in [7, 11) is 0. The van der Waals surface area contributed by atoms with Crippen LogP contribution in [0.2, 0.25) is 0 Å². The quantitative estimate of drug-likeness (QED) is 0.753. The van der Waals surface area contributed by atoms with Crippen LogP contribution >= 0.6 is 0 Å². The summed E-state index contributed by atoms with van der Waals surface area (Å²) in [5, 5.41) is 9.00. The van der Waals surface area contributed by atoms with E-state index in [1.54, 1.807) is 0 Å². The summed E-state index contributed by atoms with van der Waals surface area (Å²) in [5.74, 6) is -0.00362. The Morgan fingerprint density at radius 2 is 1.90 bits per heavy atom. The molecule has 3 nitrogen and oxygen atoms in total. The van der Waals surface area contributed by atoms with Crippen LogP contribution in [0, 0.1) is 13.8 Å². The fourth-order valence-corrected chi connectivity index (χ4v) is 2.21. The number of ether oxygens (including phenoxy) is 1. The fourth-order valence-electron chi connectivity index (χ4n) is 2.21. The van der Waals surface area contributed by atoms with Crippen LogP contribution in [0.25, 0.3) is 5.57 Å². The lowest BCUT2D eigenvalue weighted by molar-refractivity contribution is -0.131. The van der Waals surface area contributed by atoms with Gasteiger partial charge < -0.3 is 9.84 Å². The topological polar surface area (TPSA) is 46.5 Å². The number of carboxylic acids is 1. The predicted octanol–water partition coefficient (Wildman–Crippen LogP) is 4.36. The molecule has 1 rings (SSSR count). The Hall–Kier alpha value is -1.77. The van der Waals surface area contributed by atoms with Gasteiger partial charge in [-0.15, -0.1) is 0 Å². The van der Waals surface area contributed by atoms with Crippen LogP contribution < -0.4 is 4.74 Å². The van der Waals surface area contributed by atoms with Gasteiger partial charge in [-0.25, -0.2) is 4.79 Å². The second kappa shape index (κ2) is 7.73. The minimum Gasteiger partial charge on any atom is -0.493 e. The van der Waals surface area contributed by atoms with Crippen LogP contribution in [-0.2, 0) is 4.79 Å². The molecule has 110 valence electrons. The molecule has 0 spiro atoms. The standard InChI is InChI=1S/C17H24O3/c1-5-7-14(11-17(18)19)15-9-13(4)16(10-12(15)3)20-8-6-2/h9-11H,5-8H2,1-4H3,(H,18,19)/b14-11+. The number of hydrogen-bond donors (Lipinski definition) is 1. The van der Waals surface area contributed by atoms with Gasteiger partial charge in [0.25, 0.3) is 0 Å². The van der Waals surface area contributed by atoms with Gasteiger partial charge in [0.15, 0.2) is 0 Å². The van der Waals surface area contributed by atoms with Crippen LogP contribution in [0.5, 0.6) is 5.75 Å². The van der Waals surface area contributed by atoms with Crippen LogP contribution in [0.3, 0.4) is 0 Å². The van der Waals surface area contributed by atoms with Crippen molar-refractivity contribution in [3.8, 4) is 5.75 Å². The average molecular weight is 276 g/mol. The summed E-state index contributed by atoms with van der Waals surface area (Å²) in [4.78, 5) is 11.0. The summed E-state index contributed by atoms with van der Waals surface area (Å²) in [6, 6.07) is 4.04. The highest BCUT2D eigenvalue weighted by Gasteiger charge is 2.10. The Balaban J connectivity index is 3.17. The van der Waals surface area contributed by atoms with E-state index < -0.39 is 5.97 Å². The molecule has 1 aromatic carbocycles. The second-order valence-corrected chi connectivity index (χ2v) is 5.04. The van der Waals surface area contributed by atoms with Crippen LogP contribution in [0.4, 0.5) is 0 Å². The Morgan fingerprint density at radius 3 is 2.45 bits per heavy atom. The molecule has 0 aliphatic rings. The highest BCUT2D eigenvalue weighted by molar-refractivity contribution is 5.90. The number of rotatable bonds is 7. The number of allylic oxidation sites excluding steroid dienone is 1. The second-order valence-electron chi connectivity index (χ2n) is 5.04. The zero-order chi connectivity index (χ0) is 15.1. The third kappa shape index (κ3) is 4.41. The lowest BCUT2D eigenvalue weighted by atomic mass is 9.94. The first-order chi connectivity index (χ1) is 9.49. The number of carboxylic acid groups (broad SMARTS) is 1. The maximum absolute atomic E-state index is 11.0. The number of benzene rings is 1. The Kier molecular flexibility index (Phi) is 6.29. The van der Waals surface area contributed by atoms with Crippen molar-refractivity contribution in [2.45, 2.75) is 47.0 Å². The van der Waals surface area contributed by atoms with E-state index in [0.717, 1.165) is 47.3 Å². The molecule has 0 saturated heterocycles. The first-order valence-corrected chi connectivity index (χ1v) is 7.17. The van der Waals surface area contributed by atoms with E-state index in [9.17, 15) is 4.79 Å². The van der Waals surface area contributed by atoms with E-state index in [1.807, 2.05) is 26.0 Å². The molecule has 0 heterocycles. The van der Waals surface area contributed by atoms with Crippen LogP contribution in [-0.4, -0.2) is 17.7 Å². The maximum Gasteiger partial charge on any atom is 0.328 e. The van der Waals surface area contributed by atoms with E-state index in [4.69, 9.17) is 9.84 Å². The first-order valence-electron chi connectivity index (χ1n) is 7.17. The monoisotopic (exact) mass is 276 g/mol. The third-order valence-corrected chi connectivity index (χ3v) is 3.15. The average Bonchev–Trinajstić information content (AvgIpc) is 2.38. The zero-order valence-corrected chi connectivity index (χ0v) is 12.8. The molecule has 0 aliphatic heterocycles. The molecule has 0 aliphatic carbocycles. The molecule has 0 unspecified atom stereocenters. The van der Waals surface area contributed by atoms with Crippen molar-refractivity contribution in [2.24, 2.45) is 0 Å². The van der Waals surface area contributed by atoms with Crippen molar-refractivity contribution in [1.29, 1.82) is 0 Å².